The summed E-state index contributed by atoms with van der Waals surface area (Å²) >= 11 is 5.95. The van der Waals surface area contributed by atoms with E-state index >= 15 is 0 Å². The van der Waals surface area contributed by atoms with E-state index in [1.54, 1.807) is 0 Å². The average molecular weight is 295 g/mol. The SMILES string of the molecule is CCN(CC1CCCCN1)C(C)Cc1ccc(Cl)cc1. The quantitative estimate of drug-likeness (QED) is 0.860. The zero-order valence-corrected chi connectivity index (χ0v) is 13.5. The first-order chi connectivity index (χ1) is 9.69. The third-order valence-electron chi connectivity index (χ3n) is 4.34. The van der Waals surface area contributed by atoms with Crippen LogP contribution in [0.5, 0.6) is 0 Å². The zero-order valence-electron chi connectivity index (χ0n) is 12.7. The third kappa shape index (κ3) is 4.76. The Kier molecular flexibility index (Phi) is 6.34. The summed E-state index contributed by atoms with van der Waals surface area (Å²) in [6, 6.07) is 9.52. The van der Waals surface area contributed by atoms with Crippen LogP contribution in [-0.2, 0) is 6.42 Å². The molecular formula is C17H27ClN2. The van der Waals surface area contributed by atoms with Gasteiger partial charge in [-0.1, -0.05) is 37.1 Å². The minimum absolute atomic E-state index is 0.574. The summed E-state index contributed by atoms with van der Waals surface area (Å²) in [6.45, 7) is 8.08. The molecule has 1 N–H and O–H groups in total. The van der Waals surface area contributed by atoms with Crippen molar-refractivity contribution in [1.29, 1.82) is 0 Å². The fourth-order valence-electron chi connectivity index (χ4n) is 3.07. The molecule has 0 radical (unpaired) electrons. The molecule has 0 bridgehead atoms. The van der Waals surface area contributed by atoms with E-state index in [1.165, 1.54) is 37.9 Å². The van der Waals surface area contributed by atoms with Crippen LogP contribution in [0.2, 0.25) is 5.02 Å². The zero-order chi connectivity index (χ0) is 14.4. The highest BCUT2D eigenvalue weighted by molar-refractivity contribution is 6.30. The predicted octanol–water partition coefficient (Wildman–Crippen LogP) is 3.74. The molecule has 20 heavy (non-hydrogen) atoms. The Bertz CT molecular complexity index is 384. The standard InChI is InChI=1S/C17H27ClN2/c1-3-20(13-17-6-4-5-11-19-17)14(2)12-15-7-9-16(18)10-8-15/h7-10,14,17,19H,3-6,11-13H2,1-2H3. The Morgan fingerprint density at radius 3 is 2.65 bits per heavy atom. The lowest BCUT2D eigenvalue weighted by Crippen LogP contribution is -2.47. The number of rotatable bonds is 6. The van der Waals surface area contributed by atoms with Gasteiger partial charge in [0, 0.05) is 23.7 Å². The topological polar surface area (TPSA) is 15.3 Å². The van der Waals surface area contributed by atoms with Crippen LogP contribution in [0.15, 0.2) is 24.3 Å². The van der Waals surface area contributed by atoms with Crippen molar-refractivity contribution < 1.29 is 0 Å². The van der Waals surface area contributed by atoms with Crippen LogP contribution in [0.4, 0.5) is 0 Å². The van der Waals surface area contributed by atoms with E-state index in [0.717, 1.165) is 18.0 Å². The van der Waals surface area contributed by atoms with E-state index in [1.807, 2.05) is 12.1 Å². The minimum Gasteiger partial charge on any atom is -0.313 e. The van der Waals surface area contributed by atoms with E-state index in [4.69, 9.17) is 11.6 Å². The second-order valence-electron chi connectivity index (χ2n) is 5.91. The Hall–Kier alpha value is -0.570. The molecule has 0 spiro atoms. The highest BCUT2D eigenvalue weighted by Crippen LogP contribution is 2.15. The number of halogens is 1. The largest absolute Gasteiger partial charge is 0.313 e. The predicted molar refractivity (Wildman–Crippen MR) is 87.5 cm³/mol. The number of benzene rings is 1. The highest BCUT2D eigenvalue weighted by atomic mass is 35.5. The van der Waals surface area contributed by atoms with Crippen LogP contribution in [0.25, 0.3) is 0 Å². The first kappa shape index (κ1) is 15.8. The van der Waals surface area contributed by atoms with Crippen molar-refractivity contribution in [2.24, 2.45) is 0 Å². The van der Waals surface area contributed by atoms with Crippen LogP contribution < -0.4 is 5.32 Å². The van der Waals surface area contributed by atoms with Crippen molar-refractivity contribution in [3.8, 4) is 0 Å². The molecule has 2 atom stereocenters. The lowest BCUT2D eigenvalue weighted by atomic mass is 10.0. The fraction of sp³-hybridized carbons (Fsp3) is 0.647. The molecule has 2 rings (SSSR count). The fourth-order valence-corrected chi connectivity index (χ4v) is 3.20. The number of likely N-dealkylation sites (N-methyl/N-ethyl adjacent to an activating group) is 1. The van der Waals surface area contributed by atoms with Crippen molar-refractivity contribution in [1.82, 2.24) is 10.2 Å². The van der Waals surface area contributed by atoms with E-state index in [9.17, 15) is 0 Å². The first-order valence-electron chi connectivity index (χ1n) is 7.91. The van der Waals surface area contributed by atoms with Gasteiger partial charge in [-0.25, -0.2) is 0 Å². The third-order valence-corrected chi connectivity index (χ3v) is 4.59. The van der Waals surface area contributed by atoms with Gasteiger partial charge in [0.1, 0.15) is 0 Å². The molecule has 1 aliphatic rings. The van der Waals surface area contributed by atoms with Gasteiger partial charge in [-0.15, -0.1) is 0 Å². The van der Waals surface area contributed by atoms with Gasteiger partial charge in [0.05, 0.1) is 0 Å². The molecule has 1 aliphatic heterocycles. The molecule has 1 aromatic rings. The molecule has 2 unspecified atom stereocenters. The molecule has 1 saturated heterocycles. The van der Waals surface area contributed by atoms with E-state index in [-0.39, 0.29) is 0 Å². The summed E-state index contributed by atoms with van der Waals surface area (Å²) in [7, 11) is 0. The Morgan fingerprint density at radius 1 is 1.30 bits per heavy atom. The molecular weight excluding hydrogens is 268 g/mol. The maximum Gasteiger partial charge on any atom is 0.0406 e. The number of nitrogens with zero attached hydrogens (tertiary/aromatic N) is 1. The second kappa shape index (κ2) is 8.02. The molecule has 0 saturated carbocycles. The van der Waals surface area contributed by atoms with Crippen LogP contribution in [0.3, 0.4) is 0 Å². The monoisotopic (exact) mass is 294 g/mol. The number of nitrogens with one attached hydrogen (secondary N) is 1. The lowest BCUT2D eigenvalue weighted by Gasteiger charge is -2.34. The van der Waals surface area contributed by atoms with Crippen molar-refractivity contribution in [3.63, 3.8) is 0 Å². The average Bonchev–Trinajstić information content (AvgIpc) is 2.48. The highest BCUT2D eigenvalue weighted by Gasteiger charge is 2.19. The maximum atomic E-state index is 5.95. The second-order valence-corrected chi connectivity index (χ2v) is 6.35. The van der Waals surface area contributed by atoms with Crippen LogP contribution in [0, 0.1) is 0 Å². The van der Waals surface area contributed by atoms with Gasteiger partial charge in [0.2, 0.25) is 0 Å². The van der Waals surface area contributed by atoms with Crippen molar-refractivity contribution >= 4 is 11.6 Å². The van der Waals surface area contributed by atoms with Crippen molar-refractivity contribution in [2.75, 3.05) is 19.6 Å². The molecule has 3 heteroatoms. The summed E-state index contributed by atoms with van der Waals surface area (Å²) in [5.41, 5.74) is 1.37. The number of hydrogen-bond acceptors (Lipinski definition) is 2. The molecule has 1 fully saturated rings. The van der Waals surface area contributed by atoms with E-state index in [0.29, 0.717) is 12.1 Å². The van der Waals surface area contributed by atoms with Crippen LogP contribution >= 0.6 is 11.6 Å². The number of piperidine rings is 1. The van der Waals surface area contributed by atoms with E-state index in [2.05, 4.69) is 36.2 Å². The summed E-state index contributed by atoms with van der Waals surface area (Å²) in [4.78, 5) is 2.59. The lowest BCUT2D eigenvalue weighted by molar-refractivity contribution is 0.182. The van der Waals surface area contributed by atoms with Gasteiger partial charge in [-0.2, -0.15) is 0 Å². The molecule has 0 aromatic heterocycles. The van der Waals surface area contributed by atoms with Crippen LogP contribution in [0.1, 0.15) is 38.7 Å². The van der Waals surface area contributed by atoms with Crippen LogP contribution in [-0.4, -0.2) is 36.6 Å². The molecule has 1 aromatic carbocycles. The maximum absolute atomic E-state index is 5.95. The molecule has 0 aliphatic carbocycles. The molecule has 112 valence electrons. The van der Waals surface area contributed by atoms with Crippen molar-refractivity contribution in [2.45, 2.75) is 51.6 Å². The molecule has 0 amide bonds. The summed E-state index contributed by atoms with van der Waals surface area (Å²) in [6.07, 6.45) is 5.13. The minimum atomic E-state index is 0.574. The molecule has 2 nitrogen and oxygen atoms in total. The van der Waals surface area contributed by atoms with Gasteiger partial charge in [0.15, 0.2) is 0 Å². The van der Waals surface area contributed by atoms with Gasteiger partial charge >= 0.3 is 0 Å². The summed E-state index contributed by atoms with van der Waals surface area (Å²) < 4.78 is 0. The van der Waals surface area contributed by atoms with Crippen molar-refractivity contribution in [3.05, 3.63) is 34.9 Å². The van der Waals surface area contributed by atoms with Gasteiger partial charge in [-0.05, 0) is 57.0 Å². The van der Waals surface area contributed by atoms with Gasteiger partial charge < -0.3 is 5.32 Å². The summed E-state index contributed by atoms with van der Waals surface area (Å²) in [5, 5.41) is 4.47. The smallest absolute Gasteiger partial charge is 0.0406 e. The number of hydrogen-bond donors (Lipinski definition) is 1. The van der Waals surface area contributed by atoms with Gasteiger partial charge in [-0.3, -0.25) is 4.90 Å². The van der Waals surface area contributed by atoms with E-state index < -0.39 is 0 Å². The molecule has 1 heterocycles. The Morgan fingerprint density at radius 2 is 2.05 bits per heavy atom. The normalized spacial score (nSPS) is 21.1. The summed E-state index contributed by atoms with van der Waals surface area (Å²) in [5.74, 6) is 0. The Balaban J connectivity index is 1.87. The first-order valence-corrected chi connectivity index (χ1v) is 8.28. The Labute approximate surface area is 128 Å². The van der Waals surface area contributed by atoms with Gasteiger partial charge in [0.25, 0.3) is 0 Å².